The monoisotopic (exact) mass is 508 g/mol. The summed E-state index contributed by atoms with van der Waals surface area (Å²) in [5, 5.41) is 18.5. The normalized spacial score (nSPS) is 11.9. The Balaban J connectivity index is 0.00000341. The zero-order valence-electron chi connectivity index (χ0n) is 16.5. The third kappa shape index (κ3) is 6.38. The Kier molecular flexibility index (Phi) is 9.23. The number of aliphatic hydroxyl groups excluding tert-OH is 1. The van der Waals surface area contributed by atoms with Gasteiger partial charge >= 0.3 is 0 Å². The van der Waals surface area contributed by atoms with E-state index >= 15 is 0 Å². The summed E-state index contributed by atoms with van der Waals surface area (Å²) >= 11 is 13.7. The summed E-state index contributed by atoms with van der Waals surface area (Å²) in [5.41, 5.74) is 6.43. The van der Waals surface area contributed by atoms with Crippen molar-refractivity contribution >= 4 is 46.9 Å². The Bertz CT molecular complexity index is 1040. The Morgan fingerprint density at radius 2 is 1.87 bits per heavy atom. The lowest BCUT2D eigenvalue weighted by atomic mass is 10.2. The predicted octanol–water partition coefficient (Wildman–Crippen LogP) is 4.62. The molecule has 168 valence electrons. The molecule has 0 amide bonds. The van der Waals surface area contributed by atoms with E-state index in [-0.39, 0.29) is 47.7 Å². The first-order valence-electron chi connectivity index (χ1n) is 8.94. The molecule has 0 spiro atoms. The molecule has 2 heterocycles. The molecule has 31 heavy (non-hydrogen) atoms. The average Bonchev–Trinajstić information content (AvgIpc) is 3.19. The summed E-state index contributed by atoms with van der Waals surface area (Å²) in [4.78, 5) is 4.30. The molecule has 1 atom stereocenters. The van der Waals surface area contributed by atoms with Crippen molar-refractivity contribution in [3.63, 3.8) is 0 Å². The molecule has 0 saturated heterocycles. The quantitative estimate of drug-likeness (QED) is 0.427. The first kappa shape index (κ1) is 25.5. The van der Waals surface area contributed by atoms with Crippen LogP contribution >= 0.6 is 46.9 Å². The largest absolute Gasteiger partial charge is 0.489 e. The highest BCUT2D eigenvalue weighted by atomic mass is 35.5. The van der Waals surface area contributed by atoms with Crippen LogP contribution in [0.4, 0.5) is 4.39 Å². The number of hydrogen-bond donors (Lipinski definition) is 2. The van der Waals surface area contributed by atoms with Crippen molar-refractivity contribution in [3.05, 3.63) is 40.3 Å². The second kappa shape index (κ2) is 11.2. The smallest absolute Gasteiger partial charge is 0.171 e. The van der Waals surface area contributed by atoms with E-state index in [4.69, 9.17) is 43.5 Å². The van der Waals surface area contributed by atoms with Crippen LogP contribution in [0.25, 0.3) is 21.3 Å². The second-order valence-corrected chi connectivity index (χ2v) is 8.32. The number of halogens is 4. The molecule has 0 saturated carbocycles. The van der Waals surface area contributed by atoms with Crippen LogP contribution < -0.4 is 15.2 Å². The van der Waals surface area contributed by atoms with Gasteiger partial charge in [0.1, 0.15) is 17.3 Å². The third-order valence-corrected chi connectivity index (χ3v) is 5.32. The van der Waals surface area contributed by atoms with Gasteiger partial charge in [0.15, 0.2) is 27.5 Å². The number of aromatic nitrogens is 3. The Labute approximate surface area is 198 Å². The van der Waals surface area contributed by atoms with Gasteiger partial charge < -0.3 is 20.3 Å². The fraction of sp³-hybridized carbons (Fsp3) is 0.316. The van der Waals surface area contributed by atoms with Crippen LogP contribution in [-0.4, -0.2) is 45.6 Å². The molecule has 2 aromatic heterocycles. The maximum Gasteiger partial charge on any atom is 0.171 e. The molecule has 0 aliphatic rings. The minimum atomic E-state index is -0.632. The van der Waals surface area contributed by atoms with E-state index in [2.05, 4.69) is 15.2 Å². The molecule has 0 bridgehead atoms. The highest BCUT2D eigenvalue weighted by Gasteiger charge is 2.18. The van der Waals surface area contributed by atoms with Crippen LogP contribution in [0.5, 0.6) is 11.5 Å². The van der Waals surface area contributed by atoms with E-state index in [9.17, 15) is 4.39 Å². The predicted molar refractivity (Wildman–Crippen MR) is 122 cm³/mol. The van der Waals surface area contributed by atoms with Crippen molar-refractivity contribution in [1.29, 1.82) is 0 Å². The number of hydrogen-bond acceptors (Lipinski definition) is 8. The molecule has 3 aromatic rings. The zero-order chi connectivity index (χ0) is 21.8. The number of rotatable bonds is 8. The number of pyridine rings is 1. The van der Waals surface area contributed by atoms with Gasteiger partial charge in [-0.25, -0.2) is 9.37 Å². The van der Waals surface area contributed by atoms with Gasteiger partial charge in [-0.3, -0.25) is 0 Å². The summed E-state index contributed by atoms with van der Waals surface area (Å²) in [6.45, 7) is 3.46. The maximum absolute atomic E-state index is 14.4. The van der Waals surface area contributed by atoms with Crippen LogP contribution in [0.1, 0.15) is 13.8 Å². The lowest BCUT2D eigenvalue weighted by Gasteiger charge is -2.12. The van der Waals surface area contributed by atoms with E-state index in [0.717, 1.165) is 0 Å². The van der Waals surface area contributed by atoms with Crippen LogP contribution in [-0.2, 0) is 0 Å². The zero-order valence-corrected chi connectivity index (χ0v) is 19.7. The molecule has 0 fully saturated rings. The summed E-state index contributed by atoms with van der Waals surface area (Å²) in [6, 6.07) is 5.36. The van der Waals surface area contributed by atoms with Crippen LogP contribution in [0, 0.1) is 5.82 Å². The SMILES string of the molecule is CC(C)Oc1ccc(-c2nnc(-c3cc(F)c(OC[C@H](N)CO)cc3Cl)s2)nc1Cl.Cl. The topological polar surface area (TPSA) is 103 Å². The molecule has 0 aliphatic carbocycles. The van der Waals surface area contributed by atoms with Crippen molar-refractivity contribution in [2.45, 2.75) is 26.0 Å². The molecule has 3 rings (SSSR count). The number of aliphatic hydroxyl groups is 1. The van der Waals surface area contributed by atoms with Crippen molar-refractivity contribution in [1.82, 2.24) is 15.2 Å². The molecule has 3 N–H and O–H groups in total. The maximum atomic E-state index is 14.4. The van der Waals surface area contributed by atoms with Crippen molar-refractivity contribution in [3.8, 4) is 32.8 Å². The minimum absolute atomic E-state index is 0. The van der Waals surface area contributed by atoms with Crippen molar-refractivity contribution in [2.75, 3.05) is 13.2 Å². The van der Waals surface area contributed by atoms with Crippen LogP contribution in [0.2, 0.25) is 10.2 Å². The fourth-order valence-electron chi connectivity index (χ4n) is 2.37. The standard InChI is InChI=1S/C19H19Cl2FN4O3S.ClH/c1-9(2)29-15-4-3-14(24-17(15)21)19-26-25-18(30-19)11-5-13(22)16(6-12(11)20)28-8-10(23)7-27;/h3-6,9-10,27H,7-8,23H2,1-2H3;1H/t10-;/m1./s1. The lowest BCUT2D eigenvalue weighted by molar-refractivity contribution is 0.202. The van der Waals surface area contributed by atoms with Crippen molar-refractivity contribution < 1.29 is 19.0 Å². The van der Waals surface area contributed by atoms with Gasteiger partial charge in [0.2, 0.25) is 0 Å². The summed E-state index contributed by atoms with van der Waals surface area (Å²) in [7, 11) is 0. The highest BCUT2D eigenvalue weighted by Crippen LogP contribution is 2.37. The van der Waals surface area contributed by atoms with Gasteiger partial charge in [-0.1, -0.05) is 34.5 Å². The van der Waals surface area contributed by atoms with Gasteiger partial charge in [-0.15, -0.1) is 22.6 Å². The fourth-order valence-corrected chi connectivity index (χ4v) is 3.71. The molecular formula is C19H20Cl3FN4O3S. The molecule has 0 unspecified atom stereocenters. The van der Waals surface area contributed by atoms with Crippen molar-refractivity contribution in [2.24, 2.45) is 5.73 Å². The number of benzene rings is 1. The summed E-state index contributed by atoms with van der Waals surface area (Å²) < 4.78 is 25.3. The average molecular weight is 510 g/mol. The Morgan fingerprint density at radius 1 is 1.16 bits per heavy atom. The van der Waals surface area contributed by atoms with E-state index in [0.29, 0.717) is 27.0 Å². The van der Waals surface area contributed by atoms with Gasteiger partial charge in [0.05, 0.1) is 23.8 Å². The molecule has 1 aromatic carbocycles. The van der Waals surface area contributed by atoms with E-state index in [1.165, 1.54) is 23.5 Å². The van der Waals surface area contributed by atoms with Gasteiger partial charge in [-0.2, -0.15) is 0 Å². The second-order valence-electron chi connectivity index (χ2n) is 6.58. The summed E-state index contributed by atoms with van der Waals surface area (Å²) in [6.07, 6.45) is -0.0355. The minimum Gasteiger partial charge on any atom is -0.489 e. The molecular weight excluding hydrogens is 490 g/mol. The first-order valence-corrected chi connectivity index (χ1v) is 10.5. The highest BCUT2D eigenvalue weighted by molar-refractivity contribution is 7.18. The summed E-state index contributed by atoms with van der Waals surface area (Å²) in [5.74, 6) is -0.221. The van der Waals surface area contributed by atoms with Gasteiger partial charge in [0, 0.05) is 11.6 Å². The molecule has 7 nitrogen and oxygen atoms in total. The van der Waals surface area contributed by atoms with Gasteiger partial charge in [-0.05, 0) is 32.0 Å². The lowest BCUT2D eigenvalue weighted by Crippen LogP contribution is -2.31. The van der Waals surface area contributed by atoms with E-state index in [1.807, 2.05) is 13.8 Å². The molecule has 0 aliphatic heterocycles. The number of nitrogens with two attached hydrogens (primary N) is 1. The third-order valence-electron chi connectivity index (χ3n) is 3.76. The first-order chi connectivity index (χ1) is 14.3. The van der Waals surface area contributed by atoms with E-state index < -0.39 is 11.9 Å². The molecule has 12 heteroatoms. The van der Waals surface area contributed by atoms with Crippen LogP contribution in [0.15, 0.2) is 24.3 Å². The Hall–Kier alpha value is -1.75. The number of nitrogens with zero attached hydrogens (tertiary/aromatic N) is 3. The van der Waals surface area contributed by atoms with Crippen LogP contribution in [0.3, 0.4) is 0 Å². The Morgan fingerprint density at radius 3 is 2.52 bits per heavy atom. The number of ether oxygens (including phenoxy) is 2. The van der Waals surface area contributed by atoms with Gasteiger partial charge in [0.25, 0.3) is 0 Å². The molecule has 0 radical (unpaired) electrons. The van der Waals surface area contributed by atoms with E-state index in [1.54, 1.807) is 12.1 Å².